The van der Waals surface area contributed by atoms with Crippen LogP contribution in [0, 0.1) is 23.7 Å². The van der Waals surface area contributed by atoms with E-state index in [9.17, 15) is 19.2 Å². The molecule has 0 fully saturated rings. The van der Waals surface area contributed by atoms with E-state index in [2.05, 4.69) is 18.9 Å². The van der Waals surface area contributed by atoms with E-state index in [1.807, 2.05) is 24.3 Å². The largest absolute Gasteiger partial charge is 0.469 e. The van der Waals surface area contributed by atoms with Crippen molar-refractivity contribution < 1.29 is 38.1 Å². The second-order valence-electron chi connectivity index (χ2n) is 6.40. The molecule has 28 heavy (non-hydrogen) atoms. The van der Waals surface area contributed by atoms with Crippen molar-refractivity contribution in [3.63, 3.8) is 0 Å². The summed E-state index contributed by atoms with van der Waals surface area (Å²) >= 11 is 0. The van der Waals surface area contributed by atoms with Crippen LogP contribution in [0.15, 0.2) is 24.3 Å². The highest BCUT2D eigenvalue weighted by molar-refractivity contribution is 5.83. The number of methoxy groups -OCH3 is 4. The number of carbonyl (C=O) groups is 4. The van der Waals surface area contributed by atoms with Gasteiger partial charge in [0.15, 0.2) is 0 Å². The first-order valence-corrected chi connectivity index (χ1v) is 9.02. The lowest BCUT2D eigenvalue weighted by Crippen LogP contribution is -2.32. The van der Waals surface area contributed by atoms with Crippen LogP contribution in [0.5, 0.6) is 0 Å². The van der Waals surface area contributed by atoms with Gasteiger partial charge in [0.05, 0.1) is 52.1 Å². The number of rotatable bonds is 4. The first-order chi connectivity index (χ1) is 13.4. The molecule has 2 rings (SSSR count). The van der Waals surface area contributed by atoms with Gasteiger partial charge in [-0.3, -0.25) is 19.2 Å². The summed E-state index contributed by atoms with van der Waals surface area (Å²) in [6, 6.07) is 0. The molecular weight excluding hydrogens is 368 g/mol. The summed E-state index contributed by atoms with van der Waals surface area (Å²) in [6.45, 7) is 0. The molecule has 0 heterocycles. The maximum Gasteiger partial charge on any atom is 0.309 e. The molecule has 0 aromatic carbocycles. The van der Waals surface area contributed by atoms with Gasteiger partial charge < -0.3 is 18.9 Å². The van der Waals surface area contributed by atoms with Crippen molar-refractivity contribution >= 4 is 23.9 Å². The Bertz CT molecular complexity index is 516. The van der Waals surface area contributed by atoms with Crippen molar-refractivity contribution in [2.24, 2.45) is 23.7 Å². The molecule has 2 aliphatic carbocycles. The predicted molar refractivity (Wildman–Crippen MR) is 98.8 cm³/mol. The molecule has 8 heteroatoms. The molecule has 0 aromatic heterocycles. The fraction of sp³-hybridized carbons (Fsp3) is 0.600. The SMILES string of the molecule is COC(=O)[C@H]1CC=CC[C@H]1C(=O)OC.COC(=O)[C@H]1CC=CC[C@H]1C(=O)OC. The van der Waals surface area contributed by atoms with Gasteiger partial charge in [0.1, 0.15) is 0 Å². The number of ether oxygens (including phenoxy) is 4. The Balaban J connectivity index is 0.000000280. The minimum Gasteiger partial charge on any atom is -0.469 e. The highest BCUT2D eigenvalue weighted by Crippen LogP contribution is 2.28. The van der Waals surface area contributed by atoms with Gasteiger partial charge in [-0.1, -0.05) is 24.3 Å². The molecule has 0 aliphatic heterocycles. The van der Waals surface area contributed by atoms with Gasteiger partial charge in [0.2, 0.25) is 0 Å². The lowest BCUT2D eigenvalue weighted by Gasteiger charge is -2.23. The third kappa shape index (κ3) is 6.21. The molecule has 0 N–H and O–H groups in total. The van der Waals surface area contributed by atoms with E-state index in [0.717, 1.165) is 0 Å². The van der Waals surface area contributed by atoms with Crippen molar-refractivity contribution in [2.75, 3.05) is 28.4 Å². The Morgan fingerprint density at radius 2 is 0.679 bits per heavy atom. The lowest BCUT2D eigenvalue weighted by atomic mass is 9.83. The fourth-order valence-corrected chi connectivity index (χ4v) is 3.28. The molecule has 0 spiro atoms. The quantitative estimate of drug-likeness (QED) is 0.403. The van der Waals surface area contributed by atoms with E-state index >= 15 is 0 Å². The molecule has 0 saturated heterocycles. The maximum absolute atomic E-state index is 11.3. The van der Waals surface area contributed by atoms with Crippen molar-refractivity contribution in [1.82, 2.24) is 0 Å². The Hall–Kier alpha value is -2.64. The highest BCUT2D eigenvalue weighted by Gasteiger charge is 2.36. The highest BCUT2D eigenvalue weighted by atomic mass is 16.5. The van der Waals surface area contributed by atoms with Crippen LogP contribution < -0.4 is 0 Å². The molecule has 0 amide bonds. The normalized spacial score (nSPS) is 25.6. The van der Waals surface area contributed by atoms with Crippen LogP contribution in [0.3, 0.4) is 0 Å². The number of hydrogen-bond donors (Lipinski definition) is 0. The van der Waals surface area contributed by atoms with Crippen LogP contribution in [-0.4, -0.2) is 52.3 Å². The Labute approximate surface area is 164 Å². The molecule has 2 aliphatic rings. The van der Waals surface area contributed by atoms with Gasteiger partial charge >= 0.3 is 23.9 Å². The smallest absolute Gasteiger partial charge is 0.309 e. The van der Waals surface area contributed by atoms with Gasteiger partial charge in [-0.15, -0.1) is 0 Å². The molecule has 0 bridgehead atoms. The number of allylic oxidation sites excluding steroid dienone is 4. The lowest BCUT2D eigenvalue weighted by molar-refractivity contribution is -0.157. The van der Waals surface area contributed by atoms with E-state index in [0.29, 0.717) is 25.7 Å². The van der Waals surface area contributed by atoms with E-state index < -0.39 is 23.7 Å². The molecule has 156 valence electrons. The van der Waals surface area contributed by atoms with Crippen molar-refractivity contribution in [3.8, 4) is 0 Å². The summed E-state index contributed by atoms with van der Waals surface area (Å²) < 4.78 is 18.5. The van der Waals surface area contributed by atoms with Crippen LogP contribution in [0.2, 0.25) is 0 Å². The molecule has 0 radical (unpaired) electrons. The van der Waals surface area contributed by atoms with E-state index in [4.69, 9.17) is 0 Å². The average molecular weight is 396 g/mol. The van der Waals surface area contributed by atoms with E-state index in [1.165, 1.54) is 28.4 Å². The molecule has 0 unspecified atom stereocenters. The number of esters is 4. The van der Waals surface area contributed by atoms with Crippen LogP contribution in [-0.2, 0) is 38.1 Å². The van der Waals surface area contributed by atoms with Crippen molar-refractivity contribution in [1.29, 1.82) is 0 Å². The van der Waals surface area contributed by atoms with Crippen LogP contribution in [0.25, 0.3) is 0 Å². The Morgan fingerprint density at radius 3 is 0.821 bits per heavy atom. The minimum atomic E-state index is -0.391. The molecule has 0 saturated carbocycles. The maximum atomic E-state index is 11.3. The summed E-state index contributed by atoms with van der Waals surface area (Å²) in [7, 11) is 5.31. The summed E-state index contributed by atoms with van der Waals surface area (Å²) in [5.74, 6) is -2.94. The average Bonchev–Trinajstić information content (AvgIpc) is 2.77. The molecular formula is C20H28O8. The van der Waals surface area contributed by atoms with E-state index in [1.54, 1.807) is 0 Å². The number of carbonyl (C=O) groups excluding carboxylic acids is 4. The molecule has 0 aromatic rings. The van der Waals surface area contributed by atoms with Crippen LogP contribution in [0.4, 0.5) is 0 Å². The molecule has 4 atom stereocenters. The second kappa shape index (κ2) is 11.9. The standard InChI is InChI=1S/2C10H14O4/c2*1-13-9(11)7-5-3-4-6-8(7)10(12)14-2/h2*3-4,7-8H,5-6H2,1-2H3/t2*7-,8+. The van der Waals surface area contributed by atoms with Crippen molar-refractivity contribution in [3.05, 3.63) is 24.3 Å². The first kappa shape index (κ1) is 23.4. The Kier molecular flexibility index (Phi) is 9.98. The van der Waals surface area contributed by atoms with Gasteiger partial charge in [-0.25, -0.2) is 0 Å². The van der Waals surface area contributed by atoms with Crippen molar-refractivity contribution in [2.45, 2.75) is 25.7 Å². The summed E-state index contributed by atoms with van der Waals surface area (Å²) in [5, 5.41) is 0. The predicted octanol–water partition coefficient (Wildman–Crippen LogP) is 1.83. The number of hydrogen-bond acceptors (Lipinski definition) is 8. The van der Waals surface area contributed by atoms with Gasteiger partial charge in [0, 0.05) is 0 Å². The van der Waals surface area contributed by atoms with Crippen LogP contribution in [0.1, 0.15) is 25.7 Å². The summed E-state index contributed by atoms with van der Waals surface area (Å²) in [5.41, 5.74) is 0. The molecule has 8 nitrogen and oxygen atoms in total. The van der Waals surface area contributed by atoms with Crippen LogP contribution >= 0.6 is 0 Å². The first-order valence-electron chi connectivity index (χ1n) is 9.02. The summed E-state index contributed by atoms with van der Waals surface area (Å²) in [6.07, 6.45) is 9.75. The van der Waals surface area contributed by atoms with Gasteiger partial charge in [0.25, 0.3) is 0 Å². The minimum absolute atomic E-state index is 0.343. The zero-order valence-corrected chi connectivity index (χ0v) is 16.7. The zero-order valence-electron chi connectivity index (χ0n) is 16.7. The third-order valence-electron chi connectivity index (χ3n) is 4.88. The second-order valence-corrected chi connectivity index (χ2v) is 6.40. The zero-order chi connectivity index (χ0) is 21.1. The summed E-state index contributed by atoms with van der Waals surface area (Å²) in [4.78, 5) is 45.3. The third-order valence-corrected chi connectivity index (χ3v) is 4.88. The monoisotopic (exact) mass is 396 g/mol. The van der Waals surface area contributed by atoms with E-state index in [-0.39, 0.29) is 23.9 Å². The Morgan fingerprint density at radius 1 is 0.500 bits per heavy atom. The van der Waals surface area contributed by atoms with Gasteiger partial charge in [-0.2, -0.15) is 0 Å². The fourth-order valence-electron chi connectivity index (χ4n) is 3.28. The van der Waals surface area contributed by atoms with Gasteiger partial charge in [-0.05, 0) is 25.7 Å². The topological polar surface area (TPSA) is 105 Å².